The Morgan fingerprint density at radius 3 is 2.33 bits per heavy atom. The second-order valence-corrected chi connectivity index (χ2v) is 6.22. The van der Waals surface area contributed by atoms with Gasteiger partial charge >= 0.3 is 0 Å². The van der Waals surface area contributed by atoms with E-state index in [-0.39, 0.29) is 0 Å². The maximum absolute atomic E-state index is 12.0. The van der Waals surface area contributed by atoms with E-state index < -0.39 is 0 Å². The van der Waals surface area contributed by atoms with Crippen molar-refractivity contribution >= 4 is 22.6 Å². The van der Waals surface area contributed by atoms with E-state index in [1.807, 2.05) is 79.0 Å². The van der Waals surface area contributed by atoms with E-state index in [0.717, 1.165) is 45.2 Å². The largest absolute Gasteiger partial charge is 0.493 e. The first-order valence-electron chi connectivity index (χ1n) is 9.15. The highest BCUT2D eigenvalue weighted by molar-refractivity contribution is 6.06. The molecular formula is C23H21NO3. The Morgan fingerprint density at radius 2 is 1.59 bits per heavy atom. The van der Waals surface area contributed by atoms with Gasteiger partial charge in [0, 0.05) is 34.3 Å². The summed E-state index contributed by atoms with van der Waals surface area (Å²) < 4.78 is 13.7. The highest BCUT2D eigenvalue weighted by Crippen LogP contribution is 2.44. The number of carbonyl (C=O) groups is 1. The van der Waals surface area contributed by atoms with Crippen LogP contribution in [-0.2, 0) is 0 Å². The quantitative estimate of drug-likeness (QED) is 0.435. The summed E-state index contributed by atoms with van der Waals surface area (Å²) in [6.45, 7) is 5.02. The lowest BCUT2D eigenvalue weighted by Crippen LogP contribution is -2.00. The summed E-state index contributed by atoms with van der Waals surface area (Å²) in [6.07, 6.45) is 2.81. The van der Waals surface area contributed by atoms with Crippen LogP contribution in [0.2, 0.25) is 0 Å². The van der Waals surface area contributed by atoms with Crippen molar-refractivity contribution in [3.8, 4) is 22.6 Å². The van der Waals surface area contributed by atoms with Gasteiger partial charge in [0.1, 0.15) is 11.5 Å². The summed E-state index contributed by atoms with van der Waals surface area (Å²) in [4.78, 5) is 12.0. The first kappa shape index (κ1) is 17.2. The van der Waals surface area contributed by atoms with Crippen molar-refractivity contribution in [2.45, 2.75) is 13.8 Å². The molecule has 0 spiro atoms. The van der Waals surface area contributed by atoms with Gasteiger partial charge in [0.15, 0.2) is 6.29 Å². The van der Waals surface area contributed by atoms with Crippen molar-refractivity contribution < 1.29 is 14.3 Å². The molecule has 0 amide bonds. The number of benzene rings is 2. The summed E-state index contributed by atoms with van der Waals surface area (Å²) in [7, 11) is 0. The van der Waals surface area contributed by atoms with Gasteiger partial charge in [0.2, 0.25) is 0 Å². The smallest absolute Gasteiger partial charge is 0.167 e. The fourth-order valence-electron chi connectivity index (χ4n) is 3.61. The SMILES string of the molecule is CCOc1cc(OCC)c2ccccc2c1-c1cc2ccccn2c1C=O. The minimum Gasteiger partial charge on any atom is -0.493 e. The lowest BCUT2D eigenvalue weighted by molar-refractivity contribution is 0.111. The van der Waals surface area contributed by atoms with Gasteiger partial charge < -0.3 is 13.9 Å². The molecule has 0 unspecified atom stereocenters. The highest BCUT2D eigenvalue weighted by atomic mass is 16.5. The molecule has 4 rings (SSSR count). The average Bonchev–Trinajstić information content (AvgIpc) is 3.06. The Kier molecular flexibility index (Phi) is 4.55. The van der Waals surface area contributed by atoms with Gasteiger partial charge in [0.25, 0.3) is 0 Å². The molecule has 4 aromatic rings. The molecule has 0 radical (unpaired) electrons. The van der Waals surface area contributed by atoms with E-state index in [1.54, 1.807) is 0 Å². The van der Waals surface area contributed by atoms with Crippen LogP contribution in [0.3, 0.4) is 0 Å². The normalized spacial score (nSPS) is 11.0. The van der Waals surface area contributed by atoms with E-state index in [4.69, 9.17) is 9.47 Å². The molecule has 0 N–H and O–H groups in total. The topological polar surface area (TPSA) is 39.9 Å². The third-order valence-electron chi connectivity index (χ3n) is 4.67. The molecule has 27 heavy (non-hydrogen) atoms. The maximum atomic E-state index is 12.0. The molecule has 4 nitrogen and oxygen atoms in total. The van der Waals surface area contributed by atoms with Crippen LogP contribution in [0.1, 0.15) is 24.3 Å². The second-order valence-electron chi connectivity index (χ2n) is 6.22. The lowest BCUT2D eigenvalue weighted by Gasteiger charge is -2.17. The van der Waals surface area contributed by atoms with Gasteiger partial charge in [-0.2, -0.15) is 0 Å². The summed E-state index contributed by atoms with van der Waals surface area (Å²) >= 11 is 0. The number of hydrogen-bond acceptors (Lipinski definition) is 3. The van der Waals surface area contributed by atoms with Crippen molar-refractivity contribution in [1.29, 1.82) is 0 Å². The molecular weight excluding hydrogens is 338 g/mol. The van der Waals surface area contributed by atoms with Crippen molar-refractivity contribution in [2.24, 2.45) is 0 Å². The molecule has 0 aliphatic heterocycles. The zero-order chi connectivity index (χ0) is 18.8. The van der Waals surface area contributed by atoms with E-state index >= 15 is 0 Å². The van der Waals surface area contributed by atoms with Crippen molar-refractivity contribution in [2.75, 3.05) is 13.2 Å². The van der Waals surface area contributed by atoms with Crippen LogP contribution in [0.4, 0.5) is 0 Å². The molecule has 2 aromatic carbocycles. The lowest BCUT2D eigenvalue weighted by atomic mass is 9.96. The Balaban J connectivity index is 2.11. The second kappa shape index (κ2) is 7.16. The fourth-order valence-corrected chi connectivity index (χ4v) is 3.61. The van der Waals surface area contributed by atoms with Gasteiger partial charge in [-0.05, 0) is 37.4 Å². The first-order valence-corrected chi connectivity index (χ1v) is 9.15. The van der Waals surface area contributed by atoms with Crippen LogP contribution < -0.4 is 9.47 Å². The standard InChI is InChI=1S/C23H21NO3/c1-3-26-21-14-22(27-4-2)23(18-11-6-5-10-17(18)21)19-13-16-9-7-8-12-24(16)20(19)15-25/h5-15H,3-4H2,1-2H3. The highest BCUT2D eigenvalue weighted by Gasteiger charge is 2.20. The number of rotatable bonds is 6. The molecule has 0 atom stereocenters. The molecule has 0 fully saturated rings. The fraction of sp³-hybridized carbons (Fsp3) is 0.174. The Labute approximate surface area is 158 Å². The average molecular weight is 359 g/mol. The van der Waals surface area contributed by atoms with Gasteiger partial charge in [-0.15, -0.1) is 0 Å². The molecule has 0 saturated heterocycles. The van der Waals surface area contributed by atoms with E-state index in [1.165, 1.54) is 0 Å². The zero-order valence-electron chi connectivity index (χ0n) is 15.4. The van der Waals surface area contributed by atoms with Crippen LogP contribution in [0, 0.1) is 0 Å². The number of hydrogen-bond donors (Lipinski definition) is 0. The molecule has 0 aliphatic rings. The summed E-state index contributed by atoms with van der Waals surface area (Å²) in [5.41, 5.74) is 3.36. The number of ether oxygens (including phenoxy) is 2. The minimum absolute atomic E-state index is 0.528. The van der Waals surface area contributed by atoms with Crippen molar-refractivity contribution in [3.05, 3.63) is 66.5 Å². The van der Waals surface area contributed by atoms with Crippen LogP contribution in [-0.4, -0.2) is 23.9 Å². The third kappa shape index (κ3) is 2.83. The summed E-state index contributed by atoms with van der Waals surface area (Å²) in [5, 5.41) is 2.01. The predicted octanol–water partition coefficient (Wildman–Crippen LogP) is 5.37. The molecule has 2 heterocycles. The molecule has 0 aliphatic carbocycles. The Hall–Kier alpha value is -3.27. The number of aromatic nitrogens is 1. The van der Waals surface area contributed by atoms with E-state index in [0.29, 0.717) is 18.9 Å². The number of pyridine rings is 1. The van der Waals surface area contributed by atoms with Gasteiger partial charge in [-0.3, -0.25) is 4.79 Å². The number of nitrogens with zero attached hydrogens (tertiary/aromatic N) is 1. The minimum atomic E-state index is 0.528. The number of aldehydes is 1. The zero-order valence-corrected chi connectivity index (χ0v) is 15.4. The molecule has 0 saturated carbocycles. The maximum Gasteiger partial charge on any atom is 0.167 e. The number of fused-ring (bicyclic) bond motifs is 2. The molecule has 0 bridgehead atoms. The third-order valence-corrected chi connectivity index (χ3v) is 4.67. The monoisotopic (exact) mass is 359 g/mol. The van der Waals surface area contributed by atoms with Gasteiger partial charge in [-0.25, -0.2) is 0 Å². The number of carbonyl (C=O) groups excluding carboxylic acids is 1. The van der Waals surface area contributed by atoms with Gasteiger partial charge in [-0.1, -0.05) is 30.3 Å². The van der Waals surface area contributed by atoms with Crippen LogP contribution >= 0.6 is 0 Å². The first-order chi connectivity index (χ1) is 13.3. The molecule has 2 aromatic heterocycles. The van der Waals surface area contributed by atoms with Gasteiger partial charge in [0.05, 0.1) is 18.9 Å². The summed E-state index contributed by atoms with van der Waals surface area (Å²) in [5.74, 6) is 1.51. The van der Waals surface area contributed by atoms with E-state index in [2.05, 4.69) is 0 Å². The Bertz CT molecular complexity index is 1130. The van der Waals surface area contributed by atoms with Crippen molar-refractivity contribution in [1.82, 2.24) is 4.40 Å². The predicted molar refractivity (Wildman–Crippen MR) is 108 cm³/mol. The Morgan fingerprint density at radius 1 is 0.889 bits per heavy atom. The van der Waals surface area contributed by atoms with Crippen LogP contribution in [0.25, 0.3) is 27.4 Å². The van der Waals surface area contributed by atoms with Crippen LogP contribution in [0.5, 0.6) is 11.5 Å². The van der Waals surface area contributed by atoms with E-state index in [9.17, 15) is 4.79 Å². The molecule has 4 heteroatoms. The van der Waals surface area contributed by atoms with Crippen LogP contribution in [0.15, 0.2) is 60.8 Å². The molecule has 136 valence electrons. The summed E-state index contributed by atoms with van der Waals surface area (Å²) in [6, 6.07) is 17.9. The van der Waals surface area contributed by atoms with Crippen molar-refractivity contribution in [3.63, 3.8) is 0 Å².